The largest absolute Gasteiger partial charge is 0.127 e. The van der Waals surface area contributed by atoms with E-state index >= 15 is 0 Å². The molecule has 2 heteroatoms. The minimum absolute atomic E-state index is 0.842. The summed E-state index contributed by atoms with van der Waals surface area (Å²) in [5.41, 5.74) is 0. The Morgan fingerprint density at radius 3 is 1.14 bits per heavy atom. The lowest BCUT2D eigenvalue weighted by Crippen LogP contribution is -1.80. The fraction of sp³-hybridized carbons (Fsp3) is 1.00. The van der Waals surface area contributed by atoms with Crippen LogP contribution in [0.4, 0.5) is 0 Å². The average molecular weight is 398 g/mol. The molecule has 0 radical (unpaired) electrons. The predicted molar refractivity (Wildman–Crippen MR) is 110 cm³/mol. The van der Waals surface area contributed by atoms with E-state index in [0.717, 1.165) is 5.88 Å². The zero-order valence-corrected chi connectivity index (χ0v) is 17.8. The number of hydrogen-bond acceptors (Lipinski definition) is 0. The molecule has 0 nitrogen and oxygen atoms in total. The van der Waals surface area contributed by atoms with E-state index in [0.29, 0.717) is 0 Å². The van der Waals surface area contributed by atoms with Crippen LogP contribution in [0.25, 0.3) is 0 Å². The lowest BCUT2D eigenvalue weighted by Gasteiger charge is -1.98. The Morgan fingerprint density at radius 2 is 0.818 bits per heavy atom. The first-order valence-electron chi connectivity index (χ1n) is 9.95. The van der Waals surface area contributed by atoms with E-state index in [4.69, 9.17) is 11.6 Å². The highest BCUT2D eigenvalue weighted by Crippen LogP contribution is 2.09. The quantitative estimate of drug-likeness (QED) is 0.180. The normalized spacial score (nSPS) is 10.4. The van der Waals surface area contributed by atoms with Crippen molar-refractivity contribution in [3.8, 4) is 0 Å². The molecule has 0 aromatic rings. The zero-order valence-electron chi connectivity index (χ0n) is 15.5. The van der Waals surface area contributed by atoms with Gasteiger partial charge in [-0.15, -0.1) is 11.6 Å². The van der Waals surface area contributed by atoms with E-state index in [1.165, 1.54) is 108 Å². The fourth-order valence-electron chi connectivity index (χ4n) is 2.46. The highest BCUT2D eigenvalue weighted by molar-refractivity contribution is 9.09. The summed E-state index contributed by atoms with van der Waals surface area (Å²) in [6, 6.07) is 0. The molecule has 0 aromatic heterocycles. The lowest BCUT2D eigenvalue weighted by atomic mass is 10.1. The van der Waals surface area contributed by atoms with Crippen molar-refractivity contribution in [3.63, 3.8) is 0 Å². The molecule has 0 aliphatic carbocycles. The third-order valence-electron chi connectivity index (χ3n) is 3.97. The van der Waals surface area contributed by atoms with Gasteiger partial charge in [0.25, 0.3) is 0 Å². The summed E-state index contributed by atoms with van der Waals surface area (Å²) in [7, 11) is 0. The summed E-state index contributed by atoms with van der Waals surface area (Å²) < 4.78 is 0. The van der Waals surface area contributed by atoms with Crippen LogP contribution in [-0.4, -0.2) is 11.2 Å². The molecule has 136 valence electrons. The van der Waals surface area contributed by atoms with Gasteiger partial charge in [0.2, 0.25) is 0 Å². The van der Waals surface area contributed by atoms with Gasteiger partial charge in [0.1, 0.15) is 0 Å². The maximum absolute atomic E-state index is 5.56. The van der Waals surface area contributed by atoms with Crippen molar-refractivity contribution in [1.29, 1.82) is 0 Å². The first kappa shape index (κ1) is 25.0. The maximum Gasteiger partial charge on any atom is 0.0223 e. The number of halogens is 2. The van der Waals surface area contributed by atoms with E-state index in [2.05, 4.69) is 29.8 Å². The zero-order chi connectivity index (χ0) is 16.7. The van der Waals surface area contributed by atoms with Gasteiger partial charge in [0, 0.05) is 11.2 Å². The monoisotopic (exact) mass is 396 g/mol. The Labute approximate surface area is 155 Å². The van der Waals surface area contributed by atoms with Gasteiger partial charge in [-0.3, -0.25) is 0 Å². The summed E-state index contributed by atoms with van der Waals surface area (Å²) in [6.45, 7) is 4.53. The van der Waals surface area contributed by atoms with E-state index < -0.39 is 0 Å². The summed E-state index contributed by atoms with van der Waals surface area (Å²) in [4.78, 5) is 0. The molecular weight excluding hydrogens is 356 g/mol. The van der Waals surface area contributed by atoms with Crippen molar-refractivity contribution < 1.29 is 0 Å². The standard InChI is InChI=1S/C10H21Br.C10H21Cl/c2*1-2-3-4-5-6-7-8-9-10-11/h2*2-10H2,1H3. The predicted octanol–water partition coefficient (Wildman–Crippen LogP) is 8.89. The molecule has 0 atom stereocenters. The molecular formula is C20H42BrCl. The molecule has 0 heterocycles. The van der Waals surface area contributed by atoms with Crippen molar-refractivity contribution in [1.82, 2.24) is 0 Å². The van der Waals surface area contributed by atoms with Crippen molar-refractivity contribution in [2.24, 2.45) is 0 Å². The highest BCUT2D eigenvalue weighted by Gasteiger charge is 1.90. The Bertz CT molecular complexity index is 128. The van der Waals surface area contributed by atoms with Gasteiger partial charge in [-0.05, 0) is 12.8 Å². The molecule has 0 aliphatic rings. The summed E-state index contributed by atoms with van der Waals surface area (Å²) in [5.74, 6) is 0.842. The van der Waals surface area contributed by atoms with E-state index in [1.807, 2.05) is 0 Å². The van der Waals surface area contributed by atoms with Gasteiger partial charge in [0.15, 0.2) is 0 Å². The van der Waals surface area contributed by atoms with Crippen LogP contribution in [0.5, 0.6) is 0 Å². The van der Waals surface area contributed by atoms with E-state index in [-0.39, 0.29) is 0 Å². The van der Waals surface area contributed by atoms with Gasteiger partial charge < -0.3 is 0 Å². The van der Waals surface area contributed by atoms with E-state index in [9.17, 15) is 0 Å². The second kappa shape index (κ2) is 26.7. The maximum atomic E-state index is 5.56. The van der Waals surface area contributed by atoms with Crippen LogP contribution >= 0.6 is 27.5 Å². The summed E-state index contributed by atoms with van der Waals surface area (Å²) in [6.07, 6.45) is 22.3. The van der Waals surface area contributed by atoms with Crippen molar-refractivity contribution in [2.45, 2.75) is 117 Å². The number of unbranched alkanes of at least 4 members (excludes halogenated alkanes) is 14. The molecule has 0 N–H and O–H groups in total. The molecule has 0 bridgehead atoms. The first-order chi connectivity index (χ1) is 10.8. The molecule has 0 aromatic carbocycles. The second-order valence-corrected chi connectivity index (χ2v) is 7.50. The third-order valence-corrected chi connectivity index (χ3v) is 4.80. The van der Waals surface area contributed by atoms with Crippen LogP contribution in [0, 0.1) is 0 Å². The third kappa shape index (κ3) is 28.9. The Balaban J connectivity index is 0. The lowest BCUT2D eigenvalue weighted by molar-refractivity contribution is 0.586. The van der Waals surface area contributed by atoms with Crippen molar-refractivity contribution in [3.05, 3.63) is 0 Å². The number of alkyl halides is 2. The van der Waals surface area contributed by atoms with Gasteiger partial charge >= 0.3 is 0 Å². The molecule has 0 saturated carbocycles. The van der Waals surface area contributed by atoms with E-state index in [1.54, 1.807) is 0 Å². The van der Waals surface area contributed by atoms with Crippen LogP contribution in [0.1, 0.15) is 117 Å². The van der Waals surface area contributed by atoms with Crippen molar-refractivity contribution in [2.75, 3.05) is 11.2 Å². The molecule has 0 fully saturated rings. The topological polar surface area (TPSA) is 0 Å². The summed E-state index contributed by atoms with van der Waals surface area (Å²) >= 11 is 9.01. The minimum atomic E-state index is 0.842. The van der Waals surface area contributed by atoms with Gasteiger partial charge in [-0.25, -0.2) is 0 Å². The SMILES string of the molecule is CCCCCCCCCCBr.CCCCCCCCCCCl. The minimum Gasteiger partial charge on any atom is -0.127 e. The Morgan fingerprint density at radius 1 is 0.500 bits per heavy atom. The molecule has 0 unspecified atom stereocenters. The molecule has 0 rings (SSSR count). The van der Waals surface area contributed by atoms with Crippen LogP contribution < -0.4 is 0 Å². The van der Waals surface area contributed by atoms with Crippen LogP contribution in [0.2, 0.25) is 0 Å². The van der Waals surface area contributed by atoms with Crippen LogP contribution in [0.3, 0.4) is 0 Å². The molecule has 0 amide bonds. The highest BCUT2D eigenvalue weighted by atomic mass is 79.9. The van der Waals surface area contributed by atoms with Gasteiger partial charge in [0.05, 0.1) is 0 Å². The smallest absolute Gasteiger partial charge is 0.0223 e. The van der Waals surface area contributed by atoms with Gasteiger partial charge in [-0.1, -0.05) is 120 Å². The molecule has 0 aliphatic heterocycles. The number of rotatable bonds is 16. The van der Waals surface area contributed by atoms with Crippen LogP contribution in [-0.2, 0) is 0 Å². The molecule has 22 heavy (non-hydrogen) atoms. The molecule has 0 saturated heterocycles. The average Bonchev–Trinajstić information content (AvgIpc) is 2.54. The summed E-state index contributed by atoms with van der Waals surface area (Å²) in [5, 5.41) is 1.18. The Kier molecular flexibility index (Phi) is 30.3. The van der Waals surface area contributed by atoms with Crippen LogP contribution in [0.15, 0.2) is 0 Å². The number of hydrogen-bond donors (Lipinski definition) is 0. The molecule has 0 spiro atoms. The fourth-order valence-corrected chi connectivity index (χ4v) is 3.04. The first-order valence-corrected chi connectivity index (χ1v) is 11.6. The Hall–Kier alpha value is 0.770. The van der Waals surface area contributed by atoms with Crippen molar-refractivity contribution >= 4 is 27.5 Å². The van der Waals surface area contributed by atoms with Gasteiger partial charge in [-0.2, -0.15) is 0 Å². The second-order valence-electron chi connectivity index (χ2n) is 6.33.